The van der Waals surface area contributed by atoms with Crippen molar-refractivity contribution in [1.82, 2.24) is 20.4 Å². The molecule has 322 valence electrons. The molecule has 4 aliphatic carbocycles. The first kappa shape index (κ1) is 41.7. The topological polar surface area (TPSA) is 238 Å². The first-order valence-corrected chi connectivity index (χ1v) is 20.9. The van der Waals surface area contributed by atoms with E-state index in [-0.39, 0.29) is 37.0 Å². The zero-order chi connectivity index (χ0) is 43.6. The van der Waals surface area contributed by atoms with Gasteiger partial charge in [-0.2, -0.15) is 0 Å². The molecule has 3 saturated heterocycles. The molecule has 0 saturated carbocycles. The molecular formula is C45H53N7O9. The van der Waals surface area contributed by atoms with Gasteiger partial charge in [0.2, 0.25) is 11.8 Å². The van der Waals surface area contributed by atoms with Crippen molar-refractivity contribution in [2.45, 2.75) is 111 Å². The number of methoxy groups -OCH3 is 1. The summed E-state index contributed by atoms with van der Waals surface area (Å²) in [6.45, 7) is 4.48. The number of likely N-dealkylation sites (tertiary alicyclic amines) is 2. The van der Waals surface area contributed by atoms with Gasteiger partial charge in [0.15, 0.2) is 0 Å². The maximum atomic E-state index is 14.8. The third-order valence-electron chi connectivity index (χ3n) is 14.8. The summed E-state index contributed by atoms with van der Waals surface area (Å²) in [5, 5.41) is 24.4. The number of nitrogens with zero attached hydrogens (tertiary/aromatic N) is 3. The van der Waals surface area contributed by atoms with Gasteiger partial charge < -0.3 is 31.3 Å². The number of primary amides is 2. The molecule has 8 atom stereocenters. The minimum Gasteiger partial charge on any atom is -0.497 e. The Morgan fingerprint density at radius 3 is 1.33 bits per heavy atom. The Kier molecular flexibility index (Phi) is 10.4. The van der Waals surface area contributed by atoms with E-state index in [4.69, 9.17) is 16.2 Å². The summed E-state index contributed by atoms with van der Waals surface area (Å²) >= 11 is 0. The van der Waals surface area contributed by atoms with Crippen molar-refractivity contribution < 1.29 is 43.7 Å². The van der Waals surface area contributed by atoms with Crippen LogP contribution in [0.25, 0.3) is 0 Å². The van der Waals surface area contributed by atoms with Crippen molar-refractivity contribution in [1.29, 1.82) is 0 Å². The van der Waals surface area contributed by atoms with Crippen LogP contribution in [0, 0.1) is 0 Å². The quantitative estimate of drug-likeness (QED) is 0.153. The van der Waals surface area contributed by atoms with E-state index in [9.17, 15) is 39.0 Å². The summed E-state index contributed by atoms with van der Waals surface area (Å²) in [7, 11) is 1.59. The highest BCUT2D eigenvalue weighted by molar-refractivity contribution is 6.01. The Hall–Kier alpha value is -6.00. The molecule has 3 fully saturated rings. The Morgan fingerprint density at radius 1 is 0.607 bits per heavy atom. The number of fused-ring (bicyclic) bond motifs is 6. The molecule has 6 amide bonds. The number of benzene rings is 3. The van der Waals surface area contributed by atoms with Gasteiger partial charge in [0.05, 0.1) is 7.11 Å². The molecule has 10 rings (SSSR count). The SMILES string of the molecule is COc1ccc(N2[C@H](C3CCCN3[C@@]3(C(=O)NC(=O)O)c4ccc(cc4)C3(C)CC(N)=O)CC[C@H]2C2CCCN2[C@@]2(C(=O)NC(=O)O)c3ccc(cc3)C2(C)CC(N)=O)cc1. The summed E-state index contributed by atoms with van der Waals surface area (Å²) in [4.78, 5) is 86.6. The minimum atomic E-state index is -1.62. The zero-order valence-corrected chi connectivity index (χ0v) is 34.6. The van der Waals surface area contributed by atoms with E-state index in [1.807, 2.05) is 86.6 Å². The summed E-state index contributed by atoms with van der Waals surface area (Å²) in [6, 6.07) is 21.3. The van der Waals surface area contributed by atoms with Crippen LogP contribution >= 0.6 is 0 Å². The normalized spacial score (nSPS) is 31.6. The van der Waals surface area contributed by atoms with Crippen molar-refractivity contribution in [3.63, 3.8) is 0 Å². The summed E-state index contributed by atoms with van der Waals surface area (Å²) in [5.74, 6) is -2.12. The first-order chi connectivity index (χ1) is 29.0. The van der Waals surface area contributed by atoms with Crippen LogP contribution in [0.5, 0.6) is 5.75 Å². The van der Waals surface area contributed by atoms with E-state index >= 15 is 0 Å². The number of nitrogens with two attached hydrogens (primary N) is 2. The van der Waals surface area contributed by atoms with Gasteiger partial charge in [-0.1, -0.05) is 62.4 Å². The van der Waals surface area contributed by atoms with Crippen LogP contribution < -0.4 is 31.7 Å². The van der Waals surface area contributed by atoms with Gasteiger partial charge in [-0.15, -0.1) is 0 Å². The molecule has 0 aromatic heterocycles. The van der Waals surface area contributed by atoms with E-state index in [0.717, 1.165) is 5.69 Å². The van der Waals surface area contributed by atoms with Crippen molar-refractivity contribution >= 4 is 41.5 Å². The molecule has 0 spiro atoms. The van der Waals surface area contributed by atoms with Gasteiger partial charge in [0.1, 0.15) is 16.8 Å². The third-order valence-corrected chi connectivity index (χ3v) is 14.8. The highest BCUT2D eigenvalue weighted by Gasteiger charge is 2.67. The number of imide groups is 2. The minimum absolute atomic E-state index is 0.214. The molecule has 3 aromatic carbocycles. The standard InChI is InChI=1S/C45H53N7O9/c1-42(24-36(46)53)26-8-12-28(13-9-26)44(42,38(55)48-40(57)58)50-22-4-6-32(50)34-20-21-35(52(34)30-16-18-31(61-3)19-17-30)33-7-5-23-51(33)45(39(56)49-41(59)60)29-14-10-27(11-15-29)43(45,2)25-37(47)54/h8-19,32-35H,4-7,20-25H2,1-3H3,(H2,46,53)(H2,47,54)(H,48,55)(H,49,56)(H,57,58)(H,59,60)/t32?,33?,34-,35-,42?,43?,44+,45+/m0/s1. The molecule has 16 nitrogen and oxygen atoms in total. The number of ether oxygens (including phenoxy) is 1. The molecule has 3 aliphatic heterocycles. The smallest absolute Gasteiger partial charge is 0.411 e. The Morgan fingerprint density at radius 2 is 0.984 bits per heavy atom. The van der Waals surface area contributed by atoms with Gasteiger partial charge in [0.25, 0.3) is 11.8 Å². The first-order valence-electron chi connectivity index (χ1n) is 20.9. The van der Waals surface area contributed by atoms with Crippen molar-refractivity contribution in [3.05, 3.63) is 95.1 Å². The Labute approximate surface area is 353 Å². The number of carbonyl (C=O) groups is 6. The maximum absolute atomic E-state index is 14.8. The molecule has 8 N–H and O–H groups in total. The van der Waals surface area contributed by atoms with Crippen molar-refractivity contribution in [2.75, 3.05) is 25.1 Å². The number of carbonyl (C=O) groups excluding carboxylic acids is 4. The third kappa shape index (κ3) is 6.08. The predicted octanol–water partition coefficient (Wildman–Crippen LogP) is 3.63. The van der Waals surface area contributed by atoms with Crippen LogP contribution in [0.1, 0.15) is 87.5 Å². The number of amides is 6. The lowest BCUT2D eigenvalue weighted by Crippen LogP contribution is -2.72. The molecule has 7 aliphatic rings. The monoisotopic (exact) mass is 835 g/mol. The van der Waals surface area contributed by atoms with Crippen LogP contribution in [0.2, 0.25) is 0 Å². The van der Waals surface area contributed by atoms with Crippen LogP contribution in [0.3, 0.4) is 0 Å². The molecule has 0 radical (unpaired) electrons. The van der Waals surface area contributed by atoms with Crippen LogP contribution in [0.4, 0.5) is 15.3 Å². The summed E-state index contributed by atoms with van der Waals surface area (Å²) < 4.78 is 5.55. The van der Waals surface area contributed by atoms with Gasteiger partial charge >= 0.3 is 12.2 Å². The number of hydrogen-bond acceptors (Lipinski definition) is 10. The van der Waals surface area contributed by atoms with E-state index in [1.165, 1.54) is 0 Å². The molecule has 3 heterocycles. The van der Waals surface area contributed by atoms with E-state index in [0.29, 0.717) is 79.6 Å². The largest absolute Gasteiger partial charge is 0.497 e. The zero-order valence-electron chi connectivity index (χ0n) is 34.6. The Balaban J connectivity index is 1.27. The number of carboxylic acid groups (broad SMARTS) is 2. The predicted molar refractivity (Wildman–Crippen MR) is 223 cm³/mol. The van der Waals surface area contributed by atoms with E-state index in [1.54, 1.807) is 7.11 Å². The molecular weight excluding hydrogens is 783 g/mol. The second-order valence-corrected chi connectivity index (χ2v) is 17.7. The highest BCUT2D eigenvalue weighted by Crippen LogP contribution is 2.58. The second-order valence-electron chi connectivity index (χ2n) is 17.7. The highest BCUT2D eigenvalue weighted by atomic mass is 16.5. The fourth-order valence-electron chi connectivity index (χ4n) is 12.7. The molecule has 61 heavy (non-hydrogen) atoms. The Bertz CT molecular complexity index is 2140. The average molecular weight is 836 g/mol. The lowest BCUT2D eigenvalue weighted by atomic mass is 9.56. The van der Waals surface area contributed by atoms with Gasteiger partial charge in [-0.3, -0.25) is 39.6 Å². The second kappa shape index (κ2) is 15.2. The molecule has 16 heteroatoms. The lowest BCUT2D eigenvalue weighted by Gasteiger charge is -2.58. The van der Waals surface area contributed by atoms with Gasteiger partial charge in [0, 0.05) is 53.5 Å². The van der Waals surface area contributed by atoms with E-state index in [2.05, 4.69) is 25.3 Å². The number of anilines is 1. The van der Waals surface area contributed by atoms with Gasteiger partial charge in [-0.05, 0) is 98.1 Å². The average Bonchev–Trinajstić information content (AvgIpc) is 3.98. The fraction of sp³-hybridized carbons (Fsp3) is 0.467. The van der Waals surface area contributed by atoms with Crippen molar-refractivity contribution in [2.24, 2.45) is 11.5 Å². The maximum Gasteiger partial charge on any atom is 0.411 e. The van der Waals surface area contributed by atoms with Crippen molar-refractivity contribution in [3.8, 4) is 5.75 Å². The van der Waals surface area contributed by atoms with Gasteiger partial charge in [-0.25, -0.2) is 9.59 Å². The van der Waals surface area contributed by atoms with Crippen LogP contribution in [0.15, 0.2) is 72.8 Å². The molecule has 3 aromatic rings. The number of hydrogen-bond donors (Lipinski definition) is 6. The van der Waals surface area contributed by atoms with Crippen LogP contribution in [-0.2, 0) is 41.1 Å². The summed E-state index contributed by atoms with van der Waals surface area (Å²) in [5.41, 5.74) is 9.54. The summed E-state index contributed by atoms with van der Waals surface area (Å²) in [6.07, 6.45) is 0.503. The fourth-order valence-corrected chi connectivity index (χ4v) is 12.7. The molecule has 4 unspecified atom stereocenters. The molecule has 4 bridgehead atoms. The van der Waals surface area contributed by atoms with E-state index < -0.39 is 57.7 Å². The lowest BCUT2D eigenvalue weighted by molar-refractivity contribution is -0.144. The number of nitrogens with one attached hydrogen (secondary N) is 2. The number of rotatable bonds is 12. The van der Waals surface area contributed by atoms with Crippen LogP contribution in [-0.4, -0.2) is 100 Å².